The maximum atomic E-state index is 12.5. The number of carbonyl (C=O) groups is 1. The normalized spacial score (nSPS) is 24.8. The first kappa shape index (κ1) is 18.7. The zero-order valence-corrected chi connectivity index (χ0v) is 16.8. The van der Waals surface area contributed by atoms with Gasteiger partial charge in [-0.25, -0.2) is 9.97 Å². The third-order valence-electron chi connectivity index (χ3n) is 6.37. The van der Waals surface area contributed by atoms with Gasteiger partial charge in [0.1, 0.15) is 11.6 Å². The maximum absolute atomic E-state index is 12.5. The van der Waals surface area contributed by atoms with E-state index >= 15 is 0 Å². The third-order valence-corrected chi connectivity index (χ3v) is 6.37. The lowest BCUT2D eigenvalue weighted by Gasteiger charge is -2.42. The van der Waals surface area contributed by atoms with Gasteiger partial charge in [0.05, 0.1) is 5.92 Å². The minimum Gasteiger partial charge on any atom is -0.356 e. The van der Waals surface area contributed by atoms with Crippen molar-refractivity contribution in [2.24, 2.45) is 5.92 Å². The minimum absolute atomic E-state index is 0.189. The van der Waals surface area contributed by atoms with E-state index in [0.29, 0.717) is 18.0 Å². The molecule has 1 aromatic rings. The summed E-state index contributed by atoms with van der Waals surface area (Å²) in [6.45, 7) is 8.31. The Bertz CT molecular complexity index is 667. The van der Waals surface area contributed by atoms with Gasteiger partial charge in [0.25, 0.3) is 0 Å². The number of hydrogen-bond acceptors (Lipinski definition) is 5. The van der Waals surface area contributed by atoms with E-state index in [1.54, 1.807) is 0 Å². The molecule has 1 aliphatic carbocycles. The van der Waals surface area contributed by atoms with Crippen LogP contribution in [0.3, 0.4) is 0 Å². The molecule has 6 heteroatoms. The predicted molar refractivity (Wildman–Crippen MR) is 107 cm³/mol. The number of nitrogens with zero attached hydrogens (tertiary/aromatic N) is 4. The minimum atomic E-state index is 0.189. The van der Waals surface area contributed by atoms with E-state index in [9.17, 15) is 4.79 Å². The summed E-state index contributed by atoms with van der Waals surface area (Å²) in [5.74, 6) is 2.46. The summed E-state index contributed by atoms with van der Waals surface area (Å²) in [5.41, 5.74) is 1.24. The average molecular weight is 372 g/mol. The van der Waals surface area contributed by atoms with Crippen LogP contribution in [-0.4, -0.2) is 59.0 Å². The number of hydrogen-bond donors (Lipinski definition) is 1. The maximum Gasteiger partial charge on any atom is 0.224 e. The van der Waals surface area contributed by atoms with Crippen molar-refractivity contribution in [3.8, 4) is 0 Å². The number of anilines is 1. The molecular formula is C21H33N5O. The van der Waals surface area contributed by atoms with Crippen LogP contribution in [0, 0.1) is 12.8 Å². The molecule has 3 heterocycles. The SMILES string of the molecule is CCc1cnc(C)nc1N1CCC(N2CCC[C@@H](C(=O)NC3CC3)C2)CC1. The van der Waals surface area contributed by atoms with E-state index < -0.39 is 0 Å². The van der Waals surface area contributed by atoms with Crippen LogP contribution in [0.25, 0.3) is 0 Å². The fourth-order valence-electron chi connectivity index (χ4n) is 4.55. The molecule has 1 saturated carbocycles. The molecule has 0 aromatic carbocycles. The zero-order valence-electron chi connectivity index (χ0n) is 16.8. The number of piperidine rings is 2. The number of rotatable bonds is 5. The van der Waals surface area contributed by atoms with Crippen molar-refractivity contribution in [2.45, 2.75) is 70.9 Å². The molecule has 3 aliphatic rings. The third kappa shape index (κ3) is 4.42. The van der Waals surface area contributed by atoms with Crippen LogP contribution in [0.1, 0.15) is 56.8 Å². The zero-order chi connectivity index (χ0) is 18.8. The van der Waals surface area contributed by atoms with Crippen molar-refractivity contribution in [2.75, 3.05) is 31.1 Å². The molecule has 1 atom stereocenters. The van der Waals surface area contributed by atoms with Crippen molar-refractivity contribution in [1.82, 2.24) is 20.2 Å². The van der Waals surface area contributed by atoms with Crippen LogP contribution in [0.4, 0.5) is 5.82 Å². The Hall–Kier alpha value is -1.69. The molecule has 2 aliphatic heterocycles. The standard InChI is InChI=1S/C21H33N5O/c1-3-16-13-22-15(2)23-20(16)25-11-8-19(9-12-25)26-10-4-5-17(14-26)21(27)24-18-6-7-18/h13,17-19H,3-12,14H2,1-2H3,(H,24,27)/t17-/m1/s1. The summed E-state index contributed by atoms with van der Waals surface area (Å²) in [5, 5.41) is 3.21. The predicted octanol–water partition coefficient (Wildman–Crippen LogP) is 2.31. The van der Waals surface area contributed by atoms with Gasteiger partial charge in [-0.05, 0) is 58.4 Å². The van der Waals surface area contributed by atoms with Gasteiger partial charge in [0.2, 0.25) is 5.91 Å². The van der Waals surface area contributed by atoms with E-state index in [4.69, 9.17) is 4.98 Å². The van der Waals surface area contributed by atoms with E-state index in [-0.39, 0.29) is 5.92 Å². The molecule has 1 N–H and O–H groups in total. The first-order valence-corrected chi connectivity index (χ1v) is 10.8. The largest absolute Gasteiger partial charge is 0.356 e. The van der Waals surface area contributed by atoms with Gasteiger partial charge in [0.15, 0.2) is 0 Å². The lowest BCUT2D eigenvalue weighted by atomic mass is 9.93. The second-order valence-corrected chi connectivity index (χ2v) is 8.45. The molecule has 1 amide bonds. The summed E-state index contributed by atoms with van der Waals surface area (Å²) in [4.78, 5) is 26.6. The van der Waals surface area contributed by atoms with E-state index in [1.165, 1.54) is 18.4 Å². The monoisotopic (exact) mass is 371 g/mol. The number of likely N-dealkylation sites (tertiary alicyclic amines) is 1. The Morgan fingerprint density at radius 2 is 1.96 bits per heavy atom. The summed E-state index contributed by atoms with van der Waals surface area (Å²) in [6, 6.07) is 1.07. The van der Waals surface area contributed by atoms with Gasteiger partial charge in [0, 0.05) is 43.5 Å². The topological polar surface area (TPSA) is 61.4 Å². The van der Waals surface area contributed by atoms with Gasteiger partial charge < -0.3 is 10.2 Å². The Labute approximate surface area is 162 Å². The van der Waals surface area contributed by atoms with Crippen molar-refractivity contribution in [3.63, 3.8) is 0 Å². The quantitative estimate of drug-likeness (QED) is 0.861. The Morgan fingerprint density at radius 1 is 1.19 bits per heavy atom. The average Bonchev–Trinajstić information content (AvgIpc) is 3.52. The van der Waals surface area contributed by atoms with E-state index in [2.05, 4.69) is 27.0 Å². The summed E-state index contributed by atoms with van der Waals surface area (Å²) in [6.07, 6.45) is 9.80. The molecular weight excluding hydrogens is 338 g/mol. The van der Waals surface area contributed by atoms with Gasteiger partial charge >= 0.3 is 0 Å². The Morgan fingerprint density at radius 3 is 2.67 bits per heavy atom. The smallest absolute Gasteiger partial charge is 0.224 e. The van der Waals surface area contributed by atoms with E-state index in [1.807, 2.05) is 13.1 Å². The second kappa shape index (κ2) is 8.13. The van der Waals surface area contributed by atoms with Gasteiger partial charge in [-0.2, -0.15) is 0 Å². The lowest BCUT2D eigenvalue weighted by Crippen LogP contribution is -2.51. The molecule has 2 saturated heterocycles. The Balaban J connectivity index is 1.33. The first-order chi connectivity index (χ1) is 13.1. The van der Waals surface area contributed by atoms with Crippen LogP contribution >= 0.6 is 0 Å². The van der Waals surface area contributed by atoms with Crippen LogP contribution in [-0.2, 0) is 11.2 Å². The lowest BCUT2D eigenvalue weighted by molar-refractivity contribution is -0.127. The Kier molecular flexibility index (Phi) is 5.62. The fourth-order valence-corrected chi connectivity index (χ4v) is 4.55. The molecule has 0 radical (unpaired) electrons. The number of aromatic nitrogens is 2. The summed E-state index contributed by atoms with van der Waals surface area (Å²) in [7, 11) is 0. The molecule has 0 bridgehead atoms. The van der Waals surface area contributed by atoms with Gasteiger partial charge in [-0.1, -0.05) is 6.92 Å². The number of carbonyl (C=O) groups excluding carboxylic acids is 1. The van der Waals surface area contributed by atoms with E-state index in [0.717, 1.165) is 69.9 Å². The molecule has 27 heavy (non-hydrogen) atoms. The van der Waals surface area contributed by atoms with Crippen molar-refractivity contribution < 1.29 is 4.79 Å². The fraction of sp³-hybridized carbons (Fsp3) is 0.762. The van der Waals surface area contributed by atoms with Crippen LogP contribution in [0.2, 0.25) is 0 Å². The number of nitrogens with one attached hydrogen (secondary N) is 1. The highest BCUT2D eigenvalue weighted by atomic mass is 16.2. The molecule has 3 fully saturated rings. The molecule has 0 unspecified atom stereocenters. The molecule has 148 valence electrons. The molecule has 4 rings (SSSR count). The highest BCUT2D eigenvalue weighted by molar-refractivity contribution is 5.79. The highest BCUT2D eigenvalue weighted by Crippen LogP contribution is 2.28. The van der Waals surface area contributed by atoms with Gasteiger partial charge in [-0.15, -0.1) is 0 Å². The summed E-state index contributed by atoms with van der Waals surface area (Å²) < 4.78 is 0. The molecule has 6 nitrogen and oxygen atoms in total. The first-order valence-electron chi connectivity index (χ1n) is 10.8. The van der Waals surface area contributed by atoms with Crippen LogP contribution in [0.5, 0.6) is 0 Å². The second-order valence-electron chi connectivity index (χ2n) is 8.45. The van der Waals surface area contributed by atoms with Crippen molar-refractivity contribution in [3.05, 3.63) is 17.6 Å². The highest BCUT2D eigenvalue weighted by Gasteiger charge is 2.34. The van der Waals surface area contributed by atoms with Crippen molar-refractivity contribution in [1.29, 1.82) is 0 Å². The number of amides is 1. The van der Waals surface area contributed by atoms with Crippen molar-refractivity contribution >= 4 is 11.7 Å². The van der Waals surface area contributed by atoms with Crippen LogP contribution in [0.15, 0.2) is 6.20 Å². The van der Waals surface area contributed by atoms with Crippen LogP contribution < -0.4 is 10.2 Å². The number of aryl methyl sites for hydroxylation is 2. The molecule has 1 aromatic heterocycles. The molecule has 0 spiro atoms. The van der Waals surface area contributed by atoms with Gasteiger partial charge in [-0.3, -0.25) is 9.69 Å². The summed E-state index contributed by atoms with van der Waals surface area (Å²) >= 11 is 0.